The monoisotopic (exact) mass is 625 g/mol. The summed E-state index contributed by atoms with van der Waals surface area (Å²) in [5.41, 5.74) is 1.42. The van der Waals surface area contributed by atoms with Gasteiger partial charge in [-0.25, -0.2) is 18.4 Å². The molecule has 3 unspecified atom stereocenters. The number of ether oxygens (including phenoxy) is 1. The van der Waals surface area contributed by atoms with Crippen LogP contribution in [-0.2, 0) is 25.1 Å². The highest BCUT2D eigenvalue weighted by Crippen LogP contribution is 2.23. The summed E-state index contributed by atoms with van der Waals surface area (Å²) in [4.78, 5) is 23.1. The van der Waals surface area contributed by atoms with Gasteiger partial charge in [0.1, 0.15) is 18.1 Å². The number of benzene rings is 2. The van der Waals surface area contributed by atoms with E-state index in [4.69, 9.17) is 9.15 Å². The highest BCUT2D eigenvalue weighted by Gasteiger charge is 2.34. The van der Waals surface area contributed by atoms with Crippen molar-refractivity contribution in [3.8, 4) is 0 Å². The van der Waals surface area contributed by atoms with E-state index in [1.54, 1.807) is 61.5 Å². The fourth-order valence-corrected chi connectivity index (χ4v) is 6.09. The van der Waals surface area contributed by atoms with E-state index >= 15 is 0 Å². The number of halogens is 3. The summed E-state index contributed by atoms with van der Waals surface area (Å²) in [6.07, 6.45) is -5.82. The fraction of sp³-hybridized carbons (Fsp3) is 0.464. The zero-order chi connectivity index (χ0) is 31.0. The van der Waals surface area contributed by atoms with Gasteiger partial charge in [-0.3, -0.25) is 4.79 Å². The molecule has 234 valence electrons. The van der Waals surface area contributed by atoms with Crippen LogP contribution in [0.3, 0.4) is 0 Å². The van der Waals surface area contributed by atoms with Crippen molar-refractivity contribution in [2.75, 3.05) is 38.6 Å². The maximum atomic E-state index is 13.6. The number of aliphatic imine (C=N–C) groups is 1. The number of hydrogen-bond donors (Lipinski definition) is 3. The predicted molar refractivity (Wildman–Crippen MR) is 153 cm³/mol. The summed E-state index contributed by atoms with van der Waals surface area (Å²) >= 11 is 0. The Morgan fingerprint density at radius 2 is 1.77 bits per heavy atom. The summed E-state index contributed by atoms with van der Waals surface area (Å²) < 4.78 is 76.9. The van der Waals surface area contributed by atoms with Crippen LogP contribution >= 0.6 is 0 Å². The Balaban J connectivity index is 1.60. The molecule has 3 N–H and O–H groups in total. The number of carbonyl (C=O) groups excluding carboxylic acids is 1. The van der Waals surface area contributed by atoms with E-state index in [9.17, 15) is 31.5 Å². The topological polar surface area (TPSA) is 146 Å². The number of para-hydroxylation sites is 2. The van der Waals surface area contributed by atoms with Gasteiger partial charge in [-0.1, -0.05) is 49.4 Å². The van der Waals surface area contributed by atoms with Gasteiger partial charge in [0.15, 0.2) is 27.5 Å². The third kappa shape index (κ3) is 9.40. The van der Waals surface area contributed by atoms with Gasteiger partial charge in [0, 0.05) is 13.1 Å². The van der Waals surface area contributed by atoms with Crippen molar-refractivity contribution in [3.05, 3.63) is 66.1 Å². The van der Waals surface area contributed by atoms with Crippen molar-refractivity contribution in [1.82, 2.24) is 20.5 Å². The number of alkyl halides is 3. The van der Waals surface area contributed by atoms with E-state index < -0.39 is 58.2 Å². The molecule has 1 saturated heterocycles. The molecule has 0 aliphatic carbocycles. The van der Waals surface area contributed by atoms with E-state index in [1.807, 2.05) is 0 Å². The maximum Gasteiger partial charge on any atom is 0.408 e. The lowest BCUT2D eigenvalue weighted by Gasteiger charge is -2.33. The molecular formula is C28H34F3N5O6S. The number of oxazole rings is 1. The number of fused-ring (bicyclic) bond motifs is 1. The van der Waals surface area contributed by atoms with Crippen molar-refractivity contribution in [2.45, 2.75) is 43.5 Å². The number of hydrogen-bond acceptors (Lipinski definition) is 8. The molecule has 1 aliphatic heterocycles. The van der Waals surface area contributed by atoms with Gasteiger partial charge in [-0.05, 0) is 24.1 Å². The predicted octanol–water partition coefficient (Wildman–Crippen LogP) is 2.58. The summed E-state index contributed by atoms with van der Waals surface area (Å²) in [5.74, 6) is -2.32. The number of aliphatic hydroxyl groups is 1. The lowest BCUT2D eigenvalue weighted by Crippen LogP contribution is -2.58. The normalized spacial score (nSPS) is 17.0. The van der Waals surface area contributed by atoms with Crippen LogP contribution in [0, 0.1) is 0 Å². The van der Waals surface area contributed by atoms with Crippen molar-refractivity contribution in [2.24, 2.45) is 4.99 Å². The Kier molecular flexibility index (Phi) is 10.6. The number of nitrogens with zero attached hydrogens (tertiary/aromatic N) is 3. The van der Waals surface area contributed by atoms with Crippen LogP contribution in [-0.4, -0.2) is 92.1 Å². The molecule has 15 heteroatoms. The van der Waals surface area contributed by atoms with Crippen LogP contribution in [0.1, 0.15) is 30.9 Å². The van der Waals surface area contributed by atoms with Crippen molar-refractivity contribution >= 4 is 32.8 Å². The summed E-state index contributed by atoms with van der Waals surface area (Å²) in [5, 5.41) is 16.3. The van der Waals surface area contributed by atoms with Gasteiger partial charge in [-0.2, -0.15) is 13.2 Å². The SMILES string of the molecule is CCC(NC(=O)C(CS(=O)(=O)Cc1ccccc1)NC(=NCC(F)(F)F)N1CCOCC1)C(O)c1nc2ccccc2o1. The summed E-state index contributed by atoms with van der Waals surface area (Å²) in [6, 6.07) is 12.7. The Morgan fingerprint density at radius 1 is 1.09 bits per heavy atom. The zero-order valence-electron chi connectivity index (χ0n) is 23.5. The zero-order valence-corrected chi connectivity index (χ0v) is 24.3. The van der Waals surface area contributed by atoms with Crippen LogP contribution in [0.2, 0.25) is 0 Å². The molecule has 43 heavy (non-hydrogen) atoms. The van der Waals surface area contributed by atoms with Crippen LogP contribution in [0.5, 0.6) is 0 Å². The number of aliphatic hydroxyl groups excluding tert-OH is 1. The van der Waals surface area contributed by atoms with Crippen molar-refractivity contribution in [3.63, 3.8) is 0 Å². The standard InChI is InChI=1S/C28H34F3N5O6S/c1-2-20(24(37)26-34-21-10-6-7-11-23(21)42-26)33-25(38)22(17-43(39,40)16-19-8-4-3-5-9-19)35-27(32-18-28(29,30)31)36-12-14-41-15-13-36/h3-11,20,22,24,37H,2,12-18H2,1H3,(H,32,35)(H,33,38). The fourth-order valence-electron chi connectivity index (χ4n) is 4.53. The molecule has 2 aromatic carbocycles. The second kappa shape index (κ2) is 14.2. The highest BCUT2D eigenvalue weighted by molar-refractivity contribution is 7.90. The molecule has 3 aromatic rings. The molecule has 0 radical (unpaired) electrons. The molecule has 1 aromatic heterocycles. The molecule has 1 amide bonds. The van der Waals surface area contributed by atoms with E-state index in [2.05, 4.69) is 20.6 Å². The molecule has 1 fully saturated rings. The van der Waals surface area contributed by atoms with Crippen LogP contribution < -0.4 is 10.6 Å². The van der Waals surface area contributed by atoms with Gasteiger partial charge in [0.25, 0.3) is 0 Å². The quantitative estimate of drug-likeness (QED) is 0.216. The lowest BCUT2D eigenvalue weighted by molar-refractivity contribution is -0.124. The van der Waals surface area contributed by atoms with Gasteiger partial charge in [0.05, 0.1) is 30.8 Å². The number of aromatic nitrogens is 1. The molecule has 11 nitrogen and oxygen atoms in total. The molecule has 0 bridgehead atoms. The number of rotatable bonds is 11. The van der Waals surface area contributed by atoms with Gasteiger partial charge < -0.3 is 29.8 Å². The van der Waals surface area contributed by atoms with Crippen LogP contribution in [0.15, 0.2) is 64.0 Å². The second-order valence-corrected chi connectivity index (χ2v) is 12.2. The number of nitrogens with one attached hydrogen (secondary N) is 2. The third-order valence-electron chi connectivity index (χ3n) is 6.70. The second-order valence-electron chi connectivity index (χ2n) is 10.1. The Labute approximate surface area is 247 Å². The Bertz CT molecular complexity index is 1460. The first kappa shape index (κ1) is 32.2. The van der Waals surface area contributed by atoms with E-state index in [0.717, 1.165) is 0 Å². The molecule has 2 heterocycles. The van der Waals surface area contributed by atoms with Crippen LogP contribution in [0.4, 0.5) is 13.2 Å². The van der Waals surface area contributed by atoms with Crippen molar-refractivity contribution < 1.29 is 40.6 Å². The Hall–Kier alpha value is -3.69. The highest BCUT2D eigenvalue weighted by atomic mass is 32.2. The minimum absolute atomic E-state index is 0.0460. The lowest BCUT2D eigenvalue weighted by atomic mass is 10.1. The number of morpholine rings is 1. The minimum Gasteiger partial charge on any atom is -0.438 e. The summed E-state index contributed by atoms with van der Waals surface area (Å²) in [6.45, 7) is 0.946. The Morgan fingerprint density at radius 3 is 2.42 bits per heavy atom. The molecule has 0 saturated carbocycles. The molecule has 1 aliphatic rings. The average Bonchev–Trinajstić information content (AvgIpc) is 3.41. The number of carbonyl (C=O) groups is 1. The first-order valence-corrected chi connectivity index (χ1v) is 15.5. The van der Waals surface area contributed by atoms with Gasteiger partial charge in [0.2, 0.25) is 11.8 Å². The van der Waals surface area contributed by atoms with Crippen LogP contribution in [0.25, 0.3) is 11.1 Å². The molecule has 4 rings (SSSR count). The first-order chi connectivity index (χ1) is 20.4. The minimum atomic E-state index is -4.63. The summed E-state index contributed by atoms with van der Waals surface area (Å²) in [7, 11) is -3.97. The van der Waals surface area contributed by atoms with E-state index in [1.165, 1.54) is 4.90 Å². The first-order valence-electron chi connectivity index (χ1n) is 13.7. The molecular weight excluding hydrogens is 591 g/mol. The number of amides is 1. The largest absolute Gasteiger partial charge is 0.438 e. The van der Waals surface area contributed by atoms with Crippen molar-refractivity contribution in [1.29, 1.82) is 0 Å². The number of sulfone groups is 1. The molecule has 0 spiro atoms. The maximum absolute atomic E-state index is 13.6. The van der Waals surface area contributed by atoms with Gasteiger partial charge >= 0.3 is 6.18 Å². The average molecular weight is 626 g/mol. The van der Waals surface area contributed by atoms with E-state index in [0.29, 0.717) is 16.7 Å². The number of guanidine groups is 1. The third-order valence-corrected chi connectivity index (χ3v) is 8.31. The van der Waals surface area contributed by atoms with Gasteiger partial charge in [-0.15, -0.1) is 0 Å². The van der Waals surface area contributed by atoms with E-state index in [-0.39, 0.29) is 44.6 Å². The molecule has 3 atom stereocenters. The smallest absolute Gasteiger partial charge is 0.408 e.